The van der Waals surface area contributed by atoms with Crippen LogP contribution in [0.5, 0.6) is 0 Å². The van der Waals surface area contributed by atoms with E-state index in [4.69, 9.17) is 4.74 Å². The predicted octanol–water partition coefficient (Wildman–Crippen LogP) is 5.61. The summed E-state index contributed by atoms with van der Waals surface area (Å²) in [6, 6.07) is 5.84. The molecule has 8 nitrogen and oxygen atoms in total. The highest BCUT2D eigenvalue weighted by Crippen LogP contribution is 2.35. The number of benzene rings is 2. The Morgan fingerprint density at radius 2 is 1.90 bits per heavy atom. The van der Waals surface area contributed by atoms with Gasteiger partial charge in [0.05, 0.1) is 16.8 Å². The van der Waals surface area contributed by atoms with Crippen LogP contribution in [0.3, 0.4) is 0 Å². The first kappa shape index (κ1) is 31.2. The summed E-state index contributed by atoms with van der Waals surface area (Å²) in [4.78, 5) is 5.13. The lowest BCUT2D eigenvalue weighted by molar-refractivity contribution is -0.157. The van der Waals surface area contributed by atoms with Crippen LogP contribution >= 0.6 is 11.3 Å². The Bertz CT molecular complexity index is 1500. The summed E-state index contributed by atoms with van der Waals surface area (Å²) in [5.41, 5.74) is 1.11. The number of halogens is 3. The van der Waals surface area contributed by atoms with Gasteiger partial charge < -0.3 is 15.2 Å². The molecule has 13 heteroatoms. The molecule has 2 N–H and O–H groups in total. The third-order valence-corrected chi connectivity index (χ3v) is 9.01. The van der Waals surface area contributed by atoms with E-state index in [0.29, 0.717) is 16.4 Å². The molecule has 0 aliphatic carbocycles. The van der Waals surface area contributed by atoms with Crippen LogP contribution in [0.4, 0.5) is 24.7 Å². The number of aryl methyl sites for hydroxylation is 1. The maximum absolute atomic E-state index is 15.6. The molecular weight excluding hydrogens is 577 g/mol. The average molecular weight is 613 g/mol. The van der Waals surface area contributed by atoms with Gasteiger partial charge in [-0.25, -0.2) is 26.6 Å². The lowest BCUT2D eigenvalue weighted by Crippen LogP contribution is -2.52. The van der Waals surface area contributed by atoms with E-state index in [1.165, 1.54) is 23.9 Å². The molecule has 0 spiro atoms. The first-order valence-electron chi connectivity index (χ1n) is 13.0. The van der Waals surface area contributed by atoms with Gasteiger partial charge in [-0.2, -0.15) is 4.31 Å². The molecule has 1 unspecified atom stereocenters. The number of likely N-dealkylation sites (tertiary alicyclic amines) is 1. The van der Waals surface area contributed by atoms with Crippen LogP contribution in [0.25, 0.3) is 0 Å². The van der Waals surface area contributed by atoms with E-state index in [-0.39, 0.29) is 29.0 Å². The zero-order chi connectivity index (χ0) is 30.3. The molecule has 1 fully saturated rings. The Balaban J connectivity index is 1.64. The third kappa shape index (κ3) is 6.86. The molecule has 1 aliphatic heterocycles. The van der Waals surface area contributed by atoms with Crippen molar-refractivity contribution in [2.75, 3.05) is 22.7 Å². The fraction of sp³-hybridized carbons (Fsp3) is 0.464. The molecular formula is C28H35F3N4O4S2. The molecule has 3 aromatic rings. The van der Waals surface area contributed by atoms with Crippen molar-refractivity contribution < 1.29 is 31.4 Å². The zero-order valence-electron chi connectivity index (χ0n) is 23.8. The first-order chi connectivity index (χ1) is 19.0. The number of ether oxygens (including phenoxy) is 1. The Kier molecular flexibility index (Phi) is 8.78. The summed E-state index contributed by atoms with van der Waals surface area (Å²) in [6.45, 7) is 12.5. The second kappa shape index (κ2) is 11.5. The van der Waals surface area contributed by atoms with Gasteiger partial charge in [0.15, 0.2) is 17.5 Å². The number of hydrogen-bond acceptors (Lipinski definition) is 8. The number of nitrogens with zero attached hydrogens (tertiary/aromatic N) is 3. The van der Waals surface area contributed by atoms with Gasteiger partial charge in [0.2, 0.25) is 0 Å². The fourth-order valence-electron chi connectivity index (χ4n) is 4.96. The van der Waals surface area contributed by atoms with Gasteiger partial charge >= 0.3 is 0 Å². The number of aliphatic hydroxyl groups excluding tert-OH is 1. The molecule has 1 aromatic heterocycles. The fourth-order valence-corrected chi connectivity index (χ4v) is 7.16. The van der Waals surface area contributed by atoms with E-state index in [1.54, 1.807) is 32.9 Å². The summed E-state index contributed by atoms with van der Waals surface area (Å²) >= 11 is 1.05. The van der Waals surface area contributed by atoms with Crippen molar-refractivity contribution in [3.8, 4) is 0 Å². The van der Waals surface area contributed by atoms with Gasteiger partial charge in [-0.15, -0.1) is 11.3 Å². The molecule has 1 atom stereocenters. The molecule has 4 rings (SSSR count). The Morgan fingerprint density at radius 1 is 1.22 bits per heavy atom. The minimum absolute atomic E-state index is 0.133. The van der Waals surface area contributed by atoms with Crippen LogP contribution in [0, 0.1) is 29.8 Å². The van der Waals surface area contributed by atoms with E-state index in [9.17, 15) is 17.9 Å². The molecule has 1 saturated heterocycles. The Hall–Kier alpha value is -2.71. The molecule has 1 aliphatic rings. The number of anilines is 2. The molecule has 2 heterocycles. The quantitative estimate of drug-likeness (QED) is 0.288. The van der Waals surface area contributed by atoms with E-state index >= 15 is 8.78 Å². The minimum Gasteiger partial charge on any atom is -0.378 e. The van der Waals surface area contributed by atoms with Crippen LogP contribution < -0.4 is 9.62 Å². The van der Waals surface area contributed by atoms with Crippen LogP contribution in [0.2, 0.25) is 0 Å². The van der Waals surface area contributed by atoms with Gasteiger partial charge in [-0.1, -0.05) is 26.0 Å². The zero-order valence-corrected chi connectivity index (χ0v) is 25.5. The van der Waals surface area contributed by atoms with E-state index in [0.717, 1.165) is 36.1 Å². The number of thiazole rings is 1. The summed E-state index contributed by atoms with van der Waals surface area (Å²) in [5.74, 6) is -3.81. The van der Waals surface area contributed by atoms with E-state index < -0.39 is 44.4 Å². The maximum Gasteiger partial charge on any atom is 0.272 e. The van der Waals surface area contributed by atoms with Crippen molar-refractivity contribution in [3.05, 3.63) is 69.3 Å². The summed E-state index contributed by atoms with van der Waals surface area (Å²) < 4.78 is 79.0. The number of rotatable bonds is 10. The highest BCUT2D eigenvalue weighted by molar-refractivity contribution is 7.93. The molecule has 2 aromatic carbocycles. The minimum atomic E-state index is -4.90. The molecule has 0 amide bonds. The summed E-state index contributed by atoms with van der Waals surface area (Å²) in [7, 11) is -4.90. The average Bonchev–Trinajstić information content (AvgIpc) is 3.33. The lowest BCUT2D eigenvalue weighted by atomic mass is 9.84. The Labute approximate surface area is 242 Å². The lowest BCUT2D eigenvalue weighted by Gasteiger charge is -2.46. The van der Waals surface area contributed by atoms with Crippen LogP contribution in [0.1, 0.15) is 51.3 Å². The highest BCUT2D eigenvalue weighted by atomic mass is 32.2. The number of aliphatic hydroxyl groups is 1. The first-order valence-corrected chi connectivity index (χ1v) is 15.4. The molecule has 224 valence electrons. The Morgan fingerprint density at radius 3 is 2.49 bits per heavy atom. The SMILES string of the molecule is Cc1cc(NCc2c(F)cccc2CN2CC(C)(C)C2)c(F)c(F)c1S(=O)(=O)N(c1cscn1)C(O)OC(C)(C)C. The van der Waals surface area contributed by atoms with Crippen LogP contribution in [-0.2, 0) is 27.8 Å². The van der Waals surface area contributed by atoms with Crippen LogP contribution in [0.15, 0.2) is 40.1 Å². The maximum atomic E-state index is 15.6. The van der Waals surface area contributed by atoms with E-state index in [1.807, 2.05) is 0 Å². The number of sulfonamides is 1. The highest BCUT2D eigenvalue weighted by Gasteiger charge is 2.39. The smallest absolute Gasteiger partial charge is 0.272 e. The van der Waals surface area contributed by atoms with Gasteiger partial charge in [-0.05, 0) is 56.4 Å². The standard InChI is InChI=1S/C28H35F3N4O4S2/c1-17-10-21(32-11-19-18(8-7-9-20(19)29)12-34-14-28(5,6)15-34)23(30)24(31)25(17)41(37,38)35(22-13-40-16-33-22)26(36)39-27(2,3)4/h7-10,13,16,26,32,36H,11-12,14-15H2,1-6H3. The molecule has 0 bridgehead atoms. The van der Waals surface area contributed by atoms with Crippen LogP contribution in [-0.4, -0.2) is 48.5 Å². The predicted molar refractivity (Wildman–Crippen MR) is 153 cm³/mol. The molecule has 41 heavy (non-hydrogen) atoms. The van der Waals surface area contributed by atoms with Crippen molar-refractivity contribution in [1.29, 1.82) is 0 Å². The second-order valence-electron chi connectivity index (χ2n) is 11.9. The van der Waals surface area contributed by atoms with Crippen molar-refractivity contribution >= 4 is 32.9 Å². The van der Waals surface area contributed by atoms with Crippen molar-refractivity contribution in [2.24, 2.45) is 5.41 Å². The molecule has 0 saturated carbocycles. The van der Waals surface area contributed by atoms with Gasteiger partial charge in [0.1, 0.15) is 10.7 Å². The largest absolute Gasteiger partial charge is 0.378 e. The third-order valence-electron chi connectivity index (χ3n) is 6.54. The topological polar surface area (TPSA) is 95.0 Å². The van der Waals surface area contributed by atoms with Gasteiger partial charge in [-0.3, -0.25) is 4.90 Å². The monoisotopic (exact) mass is 612 g/mol. The number of aromatic nitrogens is 1. The van der Waals surface area contributed by atoms with Crippen molar-refractivity contribution in [2.45, 2.75) is 71.5 Å². The summed E-state index contributed by atoms with van der Waals surface area (Å²) in [6.07, 6.45) is -2.07. The van der Waals surface area contributed by atoms with E-state index in [2.05, 4.69) is 29.0 Å². The second-order valence-corrected chi connectivity index (χ2v) is 14.4. The summed E-state index contributed by atoms with van der Waals surface area (Å²) in [5, 5.41) is 14.8. The van der Waals surface area contributed by atoms with Crippen molar-refractivity contribution in [1.82, 2.24) is 9.88 Å². The van der Waals surface area contributed by atoms with Crippen molar-refractivity contribution in [3.63, 3.8) is 0 Å². The molecule has 0 radical (unpaired) electrons. The van der Waals surface area contributed by atoms with Gasteiger partial charge in [0.25, 0.3) is 16.4 Å². The van der Waals surface area contributed by atoms with Gasteiger partial charge in [0, 0.05) is 37.1 Å². The normalized spacial score (nSPS) is 16.3. The number of hydrogen-bond donors (Lipinski definition) is 2. The number of nitrogens with one attached hydrogen (secondary N) is 1.